The van der Waals surface area contributed by atoms with E-state index in [0.29, 0.717) is 16.9 Å². The van der Waals surface area contributed by atoms with E-state index in [1.54, 1.807) is 36.4 Å². The molecule has 0 spiro atoms. The first-order valence-electron chi connectivity index (χ1n) is 6.06. The Kier molecular flexibility index (Phi) is 5.15. The highest BCUT2D eigenvalue weighted by atomic mass is 127. The summed E-state index contributed by atoms with van der Waals surface area (Å²) >= 11 is 2.13. The van der Waals surface area contributed by atoms with Crippen molar-refractivity contribution in [1.29, 1.82) is 0 Å². The van der Waals surface area contributed by atoms with Gasteiger partial charge in [0.1, 0.15) is 0 Å². The van der Waals surface area contributed by atoms with E-state index >= 15 is 0 Å². The first-order valence-corrected chi connectivity index (χ1v) is 7.14. The summed E-state index contributed by atoms with van der Waals surface area (Å²) in [5.74, 6) is 0.0160. The predicted molar refractivity (Wildman–Crippen MR) is 88.9 cm³/mol. The summed E-state index contributed by atoms with van der Waals surface area (Å²) in [7, 11) is 1.47. The fourth-order valence-electron chi connectivity index (χ4n) is 1.66. The summed E-state index contributed by atoms with van der Waals surface area (Å²) in [6.45, 7) is 0. The number of hydrogen-bond acceptors (Lipinski definition) is 4. The molecule has 0 bridgehead atoms. The molecule has 2 N–H and O–H groups in total. The Balaban J connectivity index is 2.07. The Morgan fingerprint density at radius 3 is 2.81 bits per heavy atom. The molecule has 0 aromatic heterocycles. The Bertz CT molecular complexity index is 686. The molecule has 0 atom stereocenters. The monoisotopic (exact) mass is 396 g/mol. The minimum absolute atomic E-state index is 0.0211. The zero-order valence-electron chi connectivity index (χ0n) is 11.2. The van der Waals surface area contributed by atoms with Gasteiger partial charge in [0.2, 0.25) is 0 Å². The van der Waals surface area contributed by atoms with Crippen molar-refractivity contribution < 1.29 is 14.6 Å². The number of nitrogens with zero attached hydrogens (tertiary/aromatic N) is 1. The van der Waals surface area contributed by atoms with Crippen LogP contribution in [-0.4, -0.2) is 24.3 Å². The number of hydrogen-bond donors (Lipinski definition) is 2. The van der Waals surface area contributed by atoms with Gasteiger partial charge < -0.3 is 9.84 Å². The van der Waals surface area contributed by atoms with E-state index in [2.05, 4.69) is 33.1 Å². The molecule has 2 aromatic carbocycles. The van der Waals surface area contributed by atoms with Crippen molar-refractivity contribution in [2.45, 2.75) is 0 Å². The maximum atomic E-state index is 11.9. The summed E-state index contributed by atoms with van der Waals surface area (Å²) in [6.07, 6.45) is 1.36. The highest BCUT2D eigenvalue weighted by Gasteiger charge is 2.06. The molecule has 0 heterocycles. The minimum atomic E-state index is -0.313. The molecule has 0 aliphatic heterocycles. The number of carbonyl (C=O) groups is 1. The second kappa shape index (κ2) is 7.07. The maximum Gasteiger partial charge on any atom is 0.271 e. The standard InChI is InChI=1S/C15H13IN2O3/c1-21-13-7-3-5-11(14(13)19)9-17-18-15(20)10-4-2-6-12(16)8-10/h2-9,19H,1H3,(H,18,20)/b17-9+. The fraction of sp³-hybridized carbons (Fsp3) is 0.0667. The van der Waals surface area contributed by atoms with Gasteiger partial charge in [0.15, 0.2) is 11.5 Å². The lowest BCUT2D eigenvalue weighted by Gasteiger charge is -2.05. The molecule has 0 aliphatic carbocycles. The molecule has 5 nitrogen and oxygen atoms in total. The average Bonchev–Trinajstić information content (AvgIpc) is 2.49. The van der Waals surface area contributed by atoms with Gasteiger partial charge in [-0.05, 0) is 52.9 Å². The van der Waals surface area contributed by atoms with Crippen LogP contribution >= 0.6 is 22.6 Å². The lowest BCUT2D eigenvalue weighted by Crippen LogP contribution is -2.17. The van der Waals surface area contributed by atoms with Gasteiger partial charge >= 0.3 is 0 Å². The predicted octanol–water partition coefficient (Wildman–Crippen LogP) is 2.77. The van der Waals surface area contributed by atoms with Crippen LogP contribution in [0.15, 0.2) is 47.6 Å². The van der Waals surface area contributed by atoms with Crippen LogP contribution in [0.4, 0.5) is 0 Å². The normalized spacial score (nSPS) is 10.6. The van der Waals surface area contributed by atoms with Crippen LogP contribution in [0.1, 0.15) is 15.9 Å². The first kappa shape index (κ1) is 15.3. The molecule has 21 heavy (non-hydrogen) atoms. The summed E-state index contributed by atoms with van der Waals surface area (Å²) in [5, 5.41) is 13.7. The molecule has 0 saturated heterocycles. The number of phenolic OH excluding ortho intramolecular Hbond substituents is 1. The molecule has 0 unspecified atom stereocenters. The minimum Gasteiger partial charge on any atom is -0.504 e. The number of methoxy groups -OCH3 is 1. The van der Waals surface area contributed by atoms with Crippen molar-refractivity contribution in [3.8, 4) is 11.5 Å². The third kappa shape index (κ3) is 3.94. The highest BCUT2D eigenvalue weighted by Crippen LogP contribution is 2.27. The van der Waals surface area contributed by atoms with Crippen LogP contribution < -0.4 is 10.2 Å². The number of amides is 1. The van der Waals surface area contributed by atoms with Crippen molar-refractivity contribution in [2.24, 2.45) is 5.10 Å². The zero-order valence-corrected chi connectivity index (χ0v) is 13.4. The highest BCUT2D eigenvalue weighted by molar-refractivity contribution is 14.1. The number of ether oxygens (including phenoxy) is 1. The second-order valence-electron chi connectivity index (χ2n) is 4.11. The van der Waals surface area contributed by atoms with Crippen molar-refractivity contribution >= 4 is 34.7 Å². The van der Waals surface area contributed by atoms with Crippen LogP contribution in [0.25, 0.3) is 0 Å². The van der Waals surface area contributed by atoms with Crippen LogP contribution in [0.5, 0.6) is 11.5 Å². The van der Waals surface area contributed by atoms with Crippen LogP contribution in [0, 0.1) is 3.57 Å². The van der Waals surface area contributed by atoms with E-state index in [1.807, 2.05) is 6.07 Å². The SMILES string of the molecule is COc1cccc(/C=N/NC(=O)c2cccc(I)c2)c1O. The van der Waals surface area contributed by atoms with Crippen molar-refractivity contribution in [3.63, 3.8) is 0 Å². The molecule has 0 radical (unpaired) electrons. The second-order valence-corrected chi connectivity index (χ2v) is 5.35. The first-order chi connectivity index (χ1) is 10.1. The number of para-hydroxylation sites is 1. The van der Waals surface area contributed by atoms with E-state index in [4.69, 9.17) is 4.74 Å². The quantitative estimate of drug-likeness (QED) is 0.475. The van der Waals surface area contributed by atoms with Crippen LogP contribution in [0.3, 0.4) is 0 Å². The number of hydrazone groups is 1. The smallest absolute Gasteiger partial charge is 0.271 e. The zero-order chi connectivity index (χ0) is 15.2. The fourth-order valence-corrected chi connectivity index (χ4v) is 2.21. The van der Waals surface area contributed by atoms with Gasteiger partial charge in [0.25, 0.3) is 5.91 Å². The van der Waals surface area contributed by atoms with E-state index in [-0.39, 0.29) is 11.7 Å². The number of rotatable bonds is 4. The molecule has 0 fully saturated rings. The van der Waals surface area contributed by atoms with Gasteiger partial charge in [-0.15, -0.1) is 0 Å². The summed E-state index contributed by atoms with van der Waals surface area (Å²) in [6, 6.07) is 12.2. The molecule has 6 heteroatoms. The lowest BCUT2D eigenvalue weighted by molar-refractivity contribution is 0.0955. The van der Waals surface area contributed by atoms with Gasteiger partial charge in [-0.3, -0.25) is 4.79 Å². The molecule has 2 rings (SSSR count). The van der Waals surface area contributed by atoms with Crippen LogP contribution in [-0.2, 0) is 0 Å². The molecule has 108 valence electrons. The largest absolute Gasteiger partial charge is 0.504 e. The van der Waals surface area contributed by atoms with Crippen molar-refractivity contribution in [1.82, 2.24) is 5.43 Å². The van der Waals surface area contributed by atoms with Gasteiger partial charge in [-0.1, -0.05) is 12.1 Å². The number of phenols is 1. The number of aromatic hydroxyl groups is 1. The molecule has 0 aliphatic rings. The van der Waals surface area contributed by atoms with E-state index < -0.39 is 0 Å². The number of nitrogens with one attached hydrogen (secondary N) is 1. The number of halogens is 1. The van der Waals surface area contributed by atoms with E-state index in [0.717, 1.165) is 3.57 Å². The molecular weight excluding hydrogens is 383 g/mol. The molecule has 2 aromatic rings. The Labute approximate surface area is 135 Å². The summed E-state index contributed by atoms with van der Waals surface area (Å²) in [4.78, 5) is 11.9. The van der Waals surface area contributed by atoms with Gasteiger partial charge in [-0.2, -0.15) is 5.10 Å². The Morgan fingerprint density at radius 1 is 1.33 bits per heavy atom. The van der Waals surface area contributed by atoms with Gasteiger partial charge in [0.05, 0.1) is 13.3 Å². The lowest BCUT2D eigenvalue weighted by atomic mass is 10.2. The molecular formula is C15H13IN2O3. The third-order valence-corrected chi connectivity index (χ3v) is 3.38. The Hall–Kier alpha value is -2.09. The van der Waals surface area contributed by atoms with E-state index in [9.17, 15) is 9.90 Å². The van der Waals surface area contributed by atoms with Crippen molar-refractivity contribution in [2.75, 3.05) is 7.11 Å². The van der Waals surface area contributed by atoms with Crippen molar-refractivity contribution in [3.05, 3.63) is 57.2 Å². The van der Waals surface area contributed by atoms with E-state index in [1.165, 1.54) is 13.3 Å². The van der Waals surface area contributed by atoms with Crippen LogP contribution in [0.2, 0.25) is 0 Å². The number of carbonyl (C=O) groups excluding carboxylic acids is 1. The summed E-state index contributed by atoms with van der Waals surface area (Å²) < 4.78 is 5.96. The maximum absolute atomic E-state index is 11.9. The Morgan fingerprint density at radius 2 is 2.10 bits per heavy atom. The van der Waals surface area contributed by atoms with Gasteiger partial charge in [-0.25, -0.2) is 5.43 Å². The number of benzene rings is 2. The molecule has 0 saturated carbocycles. The average molecular weight is 396 g/mol. The summed E-state index contributed by atoms with van der Waals surface area (Å²) in [5.41, 5.74) is 3.39. The molecule has 1 amide bonds. The van der Waals surface area contributed by atoms with Gasteiger partial charge in [0, 0.05) is 14.7 Å². The third-order valence-electron chi connectivity index (χ3n) is 2.71. The topological polar surface area (TPSA) is 70.9 Å².